The molecule has 0 aliphatic carbocycles. The third-order valence-electron chi connectivity index (χ3n) is 9.45. The lowest BCUT2D eigenvalue weighted by Gasteiger charge is -2.11. The van der Waals surface area contributed by atoms with Gasteiger partial charge in [0.05, 0.1) is 27.9 Å². The van der Waals surface area contributed by atoms with E-state index in [0.717, 1.165) is 39.5 Å². The zero-order valence-corrected chi connectivity index (χ0v) is 27.1. The highest BCUT2D eigenvalue weighted by Crippen LogP contribution is 2.44. The lowest BCUT2D eigenvalue weighted by atomic mass is 9.98. The van der Waals surface area contributed by atoms with Crippen molar-refractivity contribution in [2.24, 2.45) is 0 Å². The second kappa shape index (κ2) is 11.6. The third-order valence-corrected chi connectivity index (χ3v) is 9.45. The van der Waals surface area contributed by atoms with E-state index >= 15 is 0 Å². The molecule has 0 aliphatic heterocycles. The van der Waals surface area contributed by atoms with Crippen LogP contribution in [0.15, 0.2) is 171 Å². The van der Waals surface area contributed by atoms with Gasteiger partial charge in [0.2, 0.25) is 0 Å². The van der Waals surface area contributed by atoms with Crippen LogP contribution >= 0.6 is 0 Å². The Morgan fingerprint density at radius 2 is 1.33 bits per heavy atom. The lowest BCUT2D eigenvalue weighted by Crippen LogP contribution is -1.98. The van der Waals surface area contributed by atoms with Gasteiger partial charge in [-0.2, -0.15) is 0 Å². The fourth-order valence-electron chi connectivity index (χ4n) is 7.23. The van der Waals surface area contributed by atoms with Crippen molar-refractivity contribution in [2.45, 2.75) is 6.92 Å². The average Bonchev–Trinajstić information content (AvgIpc) is 3.77. The summed E-state index contributed by atoms with van der Waals surface area (Å²) >= 11 is 0. The zero-order chi connectivity index (χ0) is 32.9. The second-order valence-corrected chi connectivity index (χ2v) is 12.2. The van der Waals surface area contributed by atoms with Gasteiger partial charge in [-0.15, -0.1) is 0 Å². The normalized spacial score (nSPS) is 12.3. The number of benzene rings is 6. The maximum atomic E-state index is 5.05. The molecule has 3 heterocycles. The molecule has 3 aromatic heterocycles. The first kappa shape index (κ1) is 28.7. The molecule has 0 radical (unpaired) electrons. The molecule has 0 unspecified atom stereocenters. The molecule has 0 fully saturated rings. The van der Waals surface area contributed by atoms with Crippen molar-refractivity contribution in [3.05, 3.63) is 176 Å². The van der Waals surface area contributed by atoms with Crippen LogP contribution < -0.4 is 0 Å². The number of hydrogen-bond donors (Lipinski definition) is 0. The molecular formula is C45H32N4. The van der Waals surface area contributed by atoms with E-state index in [9.17, 15) is 0 Å². The van der Waals surface area contributed by atoms with Crippen molar-refractivity contribution < 1.29 is 0 Å². The van der Waals surface area contributed by atoms with Gasteiger partial charge < -0.3 is 9.13 Å². The van der Waals surface area contributed by atoms with Crippen molar-refractivity contribution >= 4 is 49.1 Å². The molecule has 0 saturated carbocycles. The third kappa shape index (κ3) is 4.61. The maximum Gasteiger partial charge on any atom is 0.160 e. The summed E-state index contributed by atoms with van der Waals surface area (Å²) in [5.74, 6) is 0.675. The number of hydrogen-bond acceptors (Lipinski definition) is 2. The highest BCUT2D eigenvalue weighted by Gasteiger charge is 2.21. The summed E-state index contributed by atoms with van der Waals surface area (Å²) in [4.78, 5) is 10.1. The molecule has 9 rings (SSSR count). The standard InChI is InChI=1S/C45H32N4/c1-3-5-14-30(4-2)38-29-39(31-15-8-6-9-16-31)47-45(46-38)32-23-25-34(26-24-32)49-40-21-12-19-35-36-27-28-48(33-17-10-7-11-18-33)44(36)37-20-13-22-41(49)43(37)42(35)40/h3-29H,2H2,1H3/b5-3-,30-14+. The minimum Gasteiger partial charge on any atom is -0.316 e. The highest BCUT2D eigenvalue weighted by atomic mass is 15.0. The van der Waals surface area contributed by atoms with Crippen LogP contribution in [0.4, 0.5) is 0 Å². The molecule has 232 valence electrons. The van der Waals surface area contributed by atoms with E-state index in [2.05, 4.69) is 131 Å². The Labute approximate surface area is 284 Å². The fraction of sp³-hybridized carbons (Fsp3) is 0.0222. The number of fused-ring (bicyclic) bond motifs is 3. The molecule has 49 heavy (non-hydrogen) atoms. The van der Waals surface area contributed by atoms with Crippen molar-refractivity contribution in [1.82, 2.24) is 19.1 Å². The highest BCUT2D eigenvalue weighted by molar-refractivity contribution is 6.34. The lowest BCUT2D eigenvalue weighted by molar-refractivity contribution is 1.13. The van der Waals surface area contributed by atoms with Crippen LogP contribution in [0.5, 0.6) is 0 Å². The van der Waals surface area contributed by atoms with Crippen molar-refractivity contribution in [3.63, 3.8) is 0 Å². The summed E-state index contributed by atoms with van der Waals surface area (Å²) < 4.78 is 4.71. The Morgan fingerprint density at radius 3 is 2.04 bits per heavy atom. The summed E-state index contributed by atoms with van der Waals surface area (Å²) in [6.07, 6.45) is 10.1. The van der Waals surface area contributed by atoms with E-state index < -0.39 is 0 Å². The van der Waals surface area contributed by atoms with Crippen LogP contribution in [0.3, 0.4) is 0 Å². The zero-order valence-electron chi connectivity index (χ0n) is 27.1. The van der Waals surface area contributed by atoms with Gasteiger partial charge in [0.1, 0.15) is 0 Å². The van der Waals surface area contributed by atoms with Crippen LogP contribution in [0.2, 0.25) is 0 Å². The summed E-state index contributed by atoms with van der Waals surface area (Å²) in [6, 6.07) is 47.2. The molecule has 0 spiro atoms. The van der Waals surface area contributed by atoms with Crippen molar-refractivity contribution in [1.29, 1.82) is 0 Å². The number of allylic oxidation sites excluding steroid dienone is 5. The molecule has 4 heteroatoms. The number of para-hydroxylation sites is 1. The Bertz CT molecular complexity index is 2710. The summed E-state index contributed by atoms with van der Waals surface area (Å²) in [5.41, 5.74) is 10.5. The van der Waals surface area contributed by atoms with E-state index in [0.29, 0.717) is 5.82 Å². The van der Waals surface area contributed by atoms with E-state index in [4.69, 9.17) is 9.97 Å². The van der Waals surface area contributed by atoms with Crippen LogP contribution in [0, 0.1) is 0 Å². The number of nitrogens with zero attached hydrogens (tertiary/aromatic N) is 4. The van der Waals surface area contributed by atoms with E-state index in [1.54, 1.807) is 0 Å². The minimum atomic E-state index is 0.675. The van der Waals surface area contributed by atoms with Gasteiger partial charge in [-0.25, -0.2) is 9.97 Å². The van der Waals surface area contributed by atoms with E-state index in [1.165, 1.54) is 43.5 Å². The fourth-order valence-corrected chi connectivity index (χ4v) is 7.23. The average molecular weight is 629 g/mol. The molecular weight excluding hydrogens is 597 g/mol. The number of aromatic nitrogens is 4. The minimum absolute atomic E-state index is 0.675. The van der Waals surface area contributed by atoms with Crippen LogP contribution in [-0.4, -0.2) is 19.1 Å². The Morgan fingerprint density at radius 1 is 0.633 bits per heavy atom. The van der Waals surface area contributed by atoms with Gasteiger partial charge >= 0.3 is 0 Å². The molecule has 9 aromatic rings. The first-order valence-electron chi connectivity index (χ1n) is 16.6. The summed E-state index contributed by atoms with van der Waals surface area (Å²) in [6.45, 7) is 6.07. The van der Waals surface area contributed by atoms with Crippen molar-refractivity contribution in [3.8, 4) is 34.0 Å². The summed E-state index contributed by atoms with van der Waals surface area (Å²) in [7, 11) is 0. The molecule has 0 atom stereocenters. The Balaban J connectivity index is 1.22. The topological polar surface area (TPSA) is 35.6 Å². The maximum absolute atomic E-state index is 5.05. The second-order valence-electron chi connectivity index (χ2n) is 12.2. The molecule has 0 N–H and O–H groups in total. The summed E-state index contributed by atoms with van der Waals surface area (Å²) in [5, 5.41) is 6.36. The Kier molecular flexibility index (Phi) is 6.80. The monoisotopic (exact) mass is 628 g/mol. The predicted molar refractivity (Wildman–Crippen MR) is 206 cm³/mol. The quantitative estimate of drug-likeness (QED) is 0.130. The van der Waals surface area contributed by atoms with Gasteiger partial charge in [0.15, 0.2) is 5.82 Å². The van der Waals surface area contributed by atoms with Gasteiger partial charge in [-0.3, -0.25) is 0 Å². The smallest absolute Gasteiger partial charge is 0.160 e. The first-order chi connectivity index (χ1) is 24.2. The van der Waals surface area contributed by atoms with E-state index in [-0.39, 0.29) is 0 Å². The van der Waals surface area contributed by atoms with Gasteiger partial charge in [0, 0.05) is 50.2 Å². The molecule has 0 bridgehead atoms. The van der Waals surface area contributed by atoms with Crippen LogP contribution in [0.25, 0.3) is 83.1 Å². The van der Waals surface area contributed by atoms with Crippen LogP contribution in [0.1, 0.15) is 12.6 Å². The SMILES string of the molecule is C=C/C(=C\C=C/C)c1cc(-c2ccccc2)nc(-c2ccc(-n3c4cccc5c6ccn(-c7ccccc7)c6c6cccc3c6c54)cc2)n1. The predicted octanol–water partition coefficient (Wildman–Crippen LogP) is 11.6. The molecule has 0 aliphatic rings. The molecule has 4 nitrogen and oxygen atoms in total. The molecule has 0 saturated heterocycles. The van der Waals surface area contributed by atoms with Gasteiger partial charge in [-0.05, 0) is 78.5 Å². The molecule has 0 amide bonds. The van der Waals surface area contributed by atoms with Crippen molar-refractivity contribution in [2.75, 3.05) is 0 Å². The largest absolute Gasteiger partial charge is 0.316 e. The van der Waals surface area contributed by atoms with Gasteiger partial charge in [0.25, 0.3) is 0 Å². The van der Waals surface area contributed by atoms with E-state index in [1.807, 2.05) is 55.5 Å². The number of rotatable bonds is 7. The molecule has 6 aromatic carbocycles. The first-order valence-corrected chi connectivity index (χ1v) is 16.6. The van der Waals surface area contributed by atoms with Gasteiger partial charge in [-0.1, -0.05) is 104 Å². The Hall–Kier alpha value is -6.52. The van der Waals surface area contributed by atoms with Crippen LogP contribution in [-0.2, 0) is 0 Å².